The summed E-state index contributed by atoms with van der Waals surface area (Å²) in [6, 6.07) is 16.6. The number of carbonyl (C=O) groups excluding carboxylic acids is 1. The lowest BCUT2D eigenvalue weighted by molar-refractivity contribution is -0.130. The first-order chi connectivity index (χ1) is 11.7. The fraction of sp³-hybridized carbons (Fsp3) is 0.250. The van der Waals surface area contributed by atoms with E-state index in [1.54, 1.807) is 11.8 Å². The Labute approximate surface area is 147 Å². The monoisotopic (exact) mass is 338 g/mol. The summed E-state index contributed by atoms with van der Waals surface area (Å²) in [5.41, 5.74) is 3.50. The number of carbonyl (C=O) groups is 1. The number of hydrogen-bond donors (Lipinski definition) is 1. The summed E-state index contributed by atoms with van der Waals surface area (Å²) >= 11 is 1.73. The third-order valence-electron chi connectivity index (χ3n) is 4.29. The Bertz CT molecular complexity index is 823. The summed E-state index contributed by atoms with van der Waals surface area (Å²) in [5.74, 6) is 0.175. The number of amides is 1. The number of H-pyrrole nitrogens is 1. The third-order valence-corrected chi connectivity index (χ3v) is 5.03. The first-order valence-corrected chi connectivity index (χ1v) is 9.32. The lowest BCUT2D eigenvalue weighted by Gasteiger charge is -2.17. The lowest BCUT2D eigenvalue weighted by atomic mass is 10.1. The number of thioether (sulfide) groups is 1. The van der Waals surface area contributed by atoms with Gasteiger partial charge in [-0.2, -0.15) is 0 Å². The van der Waals surface area contributed by atoms with Crippen LogP contribution < -0.4 is 0 Å². The van der Waals surface area contributed by atoms with Crippen LogP contribution in [0.5, 0.6) is 0 Å². The van der Waals surface area contributed by atoms with Crippen molar-refractivity contribution in [1.82, 2.24) is 9.88 Å². The van der Waals surface area contributed by atoms with Crippen LogP contribution in [0.15, 0.2) is 59.6 Å². The molecule has 1 amide bonds. The molecule has 2 aromatic carbocycles. The highest BCUT2D eigenvalue weighted by Gasteiger charge is 2.11. The molecule has 124 valence electrons. The van der Waals surface area contributed by atoms with Crippen LogP contribution in [0.1, 0.15) is 17.5 Å². The molecular formula is C20H22N2OS. The number of benzene rings is 2. The SMILES string of the molecule is CSc1ccc(CN(C)C(=O)CCc2c[nH]c3ccccc23)cc1. The maximum atomic E-state index is 12.4. The van der Waals surface area contributed by atoms with Gasteiger partial charge in [0.05, 0.1) is 0 Å². The van der Waals surface area contributed by atoms with Crippen LogP contribution in [0.2, 0.25) is 0 Å². The standard InChI is InChI=1S/C20H22N2OS/c1-22(14-15-7-10-17(24-2)11-8-15)20(23)12-9-16-13-21-19-6-4-3-5-18(16)19/h3-8,10-11,13,21H,9,12,14H2,1-2H3. The molecule has 0 saturated carbocycles. The number of para-hydroxylation sites is 1. The fourth-order valence-corrected chi connectivity index (χ4v) is 3.27. The number of rotatable bonds is 6. The molecule has 3 rings (SSSR count). The smallest absolute Gasteiger partial charge is 0.222 e. The molecule has 3 aromatic rings. The van der Waals surface area contributed by atoms with E-state index < -0.39 is 0 Å². The zero-order valence-electron chi connectivity index (χ0n) is 14.1. The molecule has 0 spiro atoms. The van der Waals surface area contributed by atoms with Gasteiger partial charge in [-0.1, -0.05) is 30.3 Å². The molecule has 3 nitrogen and oxygen atoms in total. The summed E-state index contributed by atoms with van der Waals surface area (Å²) < 4.78 is 0. The van der Waals surface area contributed by atoms with Gasteiger partial charge in [0.2, 0.25) is 5.91 Å². The van der Waals surface area contributed by atoms with Crippen molar-refractivity contribution >= 4 is 28.6 Å². The van der Waals surface area contributed by atoms with E-state index in [4.69, 9.17) is 0 Å². The second-order valence-electron chi connectivity index (χ2n) is 5.96. The molecule has 0 bridgehead atoms. The van der Waals surface area contributed by atoms with Crippen molar-refractivity contribution in [2.24, 2.45) is 0 Å². The molecule has 1 heterocycles. The molecular weight excluding hydrogens is 316 g/mol. The minimum atomic E-state index is 0.175. The summed E-state index contributed by atoms with van der Waals surface area (Å²) in [6.45, 7) is 0.654. The number of fused-ring (bicyclic) bond motifs is 1. The minimum absolute atomic E-state index is 0.175. The highest BCUT2D eigenvalue weighted by Crippen LogP contribution is 2.20. The van der Waals surface area contributed by atoms with Gasteiger partial charge in [0.25, 0.3) is 0 Å². The van der Waals surface area contributed by atoms with E-state index in [9.17, 15) is 4.79 Å². The van der Waals surface area contributed by atoms with Crippen molar-refractivity contribution in [2.75, 3.05) is 13.3 Å². The number of aromatic amines is 1. The average Bonchev–Trinajstić information content (AvgIpc) is 3.03. The Morgan fingerprint density at radius 2 is 1.88 bits per heavy atom. The molecule has 0 aliphatic carbocycles. The molecule has 0 unspecified atom stereocenters. The van der Waals surface area contributed by atoms with E-state index in [1.165, 1.54) is 15.8 Å². The Balaban J connectivity index is 1.57. The summed E-state index contributed by atoms with van der Waals surface area (Å²) in [7, 11) is 1.88. The molecule has 0 saturated heterocycles. The van der Waals surface area contributed by atoms with E-state index in [0.717, 1.165) is 17.5 Å². The van der Waals surface area contributed by atoms with E-state index in [-0.39, 0.29) is 5.91 Å². The van der Waals surface area contributed by atoms with Crippen LogP contribution in [0, 0.1) is 0 Å². The largest absolute Gasteiger partial charge is 0.361 e. The topological polar surface area (TPSA) is 36.1 Å². The summed E-state index contributed by atoms with van der Waals surface area (Å²) in [4.78, 5) is 18.7. The maximum Gasteiger partial charge on any atom is 0.222 e. The molecule has 4 heteroatoms. The first-order valence-electron chi connectivity index (χ1n) is 8.09. The molecule has 0 aliphatic heterocycles. The van der Waals surface area contributed by atoms with E-state index in [0.29, 0.717) is 13.0 Å². The zero-order valence-corrected chi connectivity index (χ0v) is 14.9. The Hall–Kier alpha value is -2.20. The van der Waals surface area contributed by atoms with Crippen molar-refractivity contribution < 1.29 is 4.79 Å². The van der Waals surface area contributed by atoms with Gasteiger partial charge in [-0.25, -0.2) is 0 Å². The van der Waals surface area contributed by atoms with Crippen LogP contribution in [0.3, 0.4) is 0 Å². The normalized spacial score (nSPS) is 10.9. The van der Waals surface area contributed by atoms with E-state index >= 15 is 0 Å². The molecule has 0 aliphatic rings. The molecule has 1 aromatic heterocycles. The van der Waals surface area contributed by atoms with Crippen LogP contribution in [-0.2, 0) is 17.8 Å². The highest BCUT2D eigenvalue weighted by molar-refractivity contribution is 7.98. The Morgan fingerprint density at radius 3 is 2.62 bits per heavy atom. The molecule has 1 N–H and O–H groups in total. The van der Waals surface area contributed by atoms with Crippen molar-refractivity contribution in [3.63, 3.8) is 0 Å². The molecule has 0 atom stereocenters. The number of aromatic nitrogens is 1. The van der Waals surface area contributed by atoms with Crippen molar-refractivity contribution in [3.8, 4) is 0 Å². The molecule has 24 heavy (non-hydrogen) atoms. The van der Waals surface area contributed by atoms with Crippen molar-refractivity contribution in [3.05, 3.63) is 65.9 Å². The number of hydrogen-bond acceptors (Lipinski definition) is 2. The van der Waals surface area contributed by atoms with Crippen LogP contribution in [-0.4, -0.2) is 29.1 Å². The quantitative estimate of drug-likeness (QED) is 0.673. The van der Waals surface area contributed by atoms with Gasteiger partial charge in [0.15, 0.2) is 0 Å². The second kappa shape index (κ2) is 7.58. The Morgan fingerprint density at radius 1 is 1.12 bits per heavy atom. The van der Waals surface area contributed by atoms with Gasteiger partial charge < -0.3 is 9.88 Å². The minimum Gasteiger partial charge on any atom is -0.361 e. The number of aryl methyl sites for hydroxylation is 1. The van der Waals surface area contributed by atoms with Gasteiger partial charge in [-0.3, -0.25) is 4.79 Å². The first kappa shape index (κ1) is 16.7. The van der Waals surface area contributed by atoms with Crippen LogP contribution >= 0.6 is 11.8 Å². The molecule has 0 radical (unpaired) electrons. The van der Waals surface area contributed by atoms with E-state index in [2.05, 4.69) is 47.6 Å². The summed E-state index contributed by atoms with van der Waals surface area (Å²) in [5, 5.41) is 1.21. The number of nitrogens with zero attached hydrogens (tertiary/aromatic N) is 1. The van der Waals surface area contributed by atoms with Gasteiger partial charge in [-0.15, -0.1) is 11.8 Å². The van der Waals surface area contributed by atoms with Gasteiger partial charge in [0.1, 0.15) is 0 Å². The predicted molar refractivity (Wildman–Crippen MR) is 101 cm³/mol. The van der Waals surface area contributed by atoms with Gasteiger partial charge >= 0.3 is 0 Å². The summed E-state index contributed by atoms with van der Waals surface area (Å²) in [6.07, 6.45) is 5.37. The van der Waals surface area contributed by atoms with Crippen LogP contribution in [0.25, 0.3) is 10.9 Å². The van der Waals surface area contributed by atoms with Crippen molar-refractivity contribution in [2.45, 2.75) is 24.3 Å². The van der Waals surface area contributed by atoms with Gasteiger partial charge in [0, 0.05) is 42.0 Å². The predicted octanol–water partition coefficient (Wildman–Crippen LogP) is 4.48. The lowest BCUT2D eigenvalue weighted by Crippen LogP contribution is -2.26. The van der Waals surface area contributed by atoms with Crippen LogP contribution in [0.4, 0.5) is 0 Å². The molecule has 0 fully saturated rings. The second-order valence-corrected chi connectivity index (χ2v) is 6.84. The Kier molecular flexibility index (Phi) is 5.26. The maximum absolute atomic E-state index is 12.4. The average molecular weight is 338 g/mol. The van der Waals surface area contributed by atoms with Crippen molar-refractivity contribution in [1.29, 1.82) is 0 Å². The van der Waals surface area contributed by atoms with E-state index in [1.807, 2.05) is 30.3 Å². The highest BCUT2D eigenvalue weighted by atomic mass is 32.2. The van der Waals surface area contributed by atoms with Gasteiger partial charge in [-0.05, 0) is 42.0 Å². The fourth-order valence-electron chi connectivity index (χ4n) is 2.86. The third kappa shape index (κ3) is 3.82. The zero-order chi connectivity index (χ0) is 16.9. The number of nitrogens with one attached hydrogen (secondary N) is 1.